The predicted octanol–water partition coefficient (Wildman–Crippen LogP) is 4.53. The van der Waals surface area contributed by atoms with E-state index >= 15 is 0 Å². The Labute approximate surface area is 206 Å². The number of aryl methyl sites for hydroxylation is 1. The smallest absolute Gasteiger partial charge is 0.267 e. The molecule has 1 N–H and O–H groups in total. The van der Waals surface area contributed by atoms with Gasteiger partial charge >= 0.3 is 0 Å². The molecule has 35 heavy (non-hydrogen) atoms. The molecule has 3 aromatic carbocycles. The van der Waals surface area contributed by atoms with Crippen LogP contribution in [0.3, 0.4) is 0 Å². The Kier molecular flexibility index (Phi) is 6.37. The summed E-state index contributed by atoms with van der Waals surface area (Å²) in [6.45, 7) is 4.40. The monoisotopic (exact) mass is 483 g/mol. The van der Waals surface area contributed by atoms with Crippen molar-refractivity contribution in [2.24, 2.45) is 0 Å². The molecule has 5 rings (SSSR count). The molecule has 0 saturated heterocycles. The lowest BCUT2D eigenvalue weighted by Crippen LogP contribution is -2.32. The summed E-state index contributed by atoms with van der Waals surface area (Å²) in [7, 11) is 0. The molecular formula is C27H25N5O2S. The third kappa shape index (κ3) is 4.33. The zero-order chi connectivity index (χ0) is 24.4. The normalized spacial score (nSPS) is 12.2. The molecule has 0 bridgehead atoms. The Morgan fingerprint density at radius 1 is 0.971 bits per heavy atom. The molecule has 0 spiro atoms. The van der Waals surface area contributed by atoms with E-state index < -0.39 is 0 Å². The topological polar surface area (TPSA) is 81.3 Å². The van der Waals surface area contributed by atoms with Crippen LogP contribution in [0.5, 0.6) is 0 Å². The van der Waals surface area contributed by atoms with E-state index in [1.807, 2.05) is 97.1 Å². The summed E-state index contributed by atoms with van der Waals surface area (Å²) in [6.07, 6.45) is 0.621. The molecule has 1 amide bonds. The highest BCUT2D eigenvalue weighted by Gasteiger charge is 2.24. The van der Waals surface area contributed by atoms with Crippen LogP contribution in [0.25, 0.3) is 22.4 Å². The number of hydrogen-bond donors (Lipinski definition) is 1. The average molecular weight is 484 g/mol. The van der Waals surface area contributed by atoms with E-state index in [2.05, 4.69) is 15.5 Å². The van der Waals surface area contributed by atoms with Gasteiger partial charge in [-0.3, -0.25) is 14.0 Å². The van der Waals surface area contributed by atoms with Gasteiger partial charge in [-0.15, -0.1) is 10.2 Å². The minimum Gasteiger partial charge on any atom is -0.351 e. The molecule has 0 aliphatic rings. The van der Waals surface area contributed by atoms with E-state index in [1.165, 1.54) is 11.8 Å². The number of rotatable bonds is 7. The van der Waals surface area contributed by atoms with E-state index in [-0.39, 0.29) is 16.7 Å². The number of thioether (sulfide) groups is 1. The van der Waals surface area contributed by atoms with Crippen molar-refractivity contribution in [3.05, 3.63) is 100 Å². The molecule has 0 saturated carbocycles. The minimum atomic E-state index is -0.358. The first kappa shape index (κ1) is 22.9. The summed E-state index contributed by atoms with van der Waals surface area (Å²) in [5, 5.41) is 12.6. The first-order valence-electron chi connectivity index (χ1n) is 11.5. The maximum Gasteiger partial charge on any atom is 0.267 e. The van der Waals surface area contributed by atoms with E-state index in [1.54, 1.807) is 4.57 Å². The molecule has 1 unspecified atom stereocenters. The standard InChI is InChI=1S/C27H25N5O2S/c1-3-23(24(33)28-17-19-12-5-4-6-13-19)35-27-30-29-26-31(21-15-9-7-11-18(21)2)25(34)20-14-8-10-16-22(20)32(26)27/h4-16,23H,3,17H2,1-2H3,(H,28,33). The van der Waals surface area contributed by atoms with Crippen LogP contribution in [0, 0.1) is 6.92 Å². The van der Waals surface area contributed by atoms with Crippen molar-refractivity contribution < 1.29 is 4.79 Å². The maximum absolute atomic E-state index is 13.5. The summed E-state index contributed by atoms with van der Waals surface area (Å²) in [5.74, 6) is 0.361. The first-order valence-corrected chi connectivity index (χ1v) is 12.4. The van der Waals surface area contributed by atoms with Gasteiger partial charge in [0.1, 0.15) is 0 Å². The molecule has 1 atom stereocenters. The minimum absolute atomic E-state index is 0.0605. The zero-order valence-electron chi connectivity index (χ0n) is 19.5. The van der Waals surface area contributed by atoms with Crippen molar-refractivity contribution in [3.8, 4) is 5.69 Å². The van der Waals surface area contributed by atoms with Crippen molar-refractivity contribution in [1.82, 2.24) is 24.5 Å². The first-order chi connectivity index (χ1) is 17.1. The molecule has 0 aliphatic heterocycles. The number of nitrogens with zero attached hydrogens (tertiary/aromatic N) is 4. The van der Waals surface area contributed by atoms with Gasteiger partial charge in [-0.05, 0) is 42.7 Å². The molecular weight excluding hydrogens is 458 g/mol. The molecule has 8 heteroatoms. The number of benzene rings is 3. The molecule has 2 heterocycles. The van der Waals surface area contributed by atoms with Crippen LogP contribution in [0.15, 0.2) is 88.8 Å². The van der Waals surface area contributed by atoms with Gasteiger partial charge in [-0.2, -0.15) is 0 Å². The SMILES string of the molecule is CCC(Sc1nnc2n(-c3ccccc3C)c(=O)c3ccccc3n12)C(=O)NCc1ccccc1. The fraction of sp³-hybridized carbons (Fsp3) is 0.185. The number of carbonyl (C=O) groups is 1. The van der Waals surface area contributed by atoms with Gasteiger partial charge in [0.25, 0.3) is 5.56 Å². The van der Waals surface area contributed by atoms with Crippen LogP contribution >= 0.6 is 11.8 Å². The summed E-state index contributed by atoms with van der Waals surface area (Å²) in [6, 6.07) is 25.0. The van der Waals surface area contributed by atoms with Gasteiger partial charge in [0, 0.05) is 6.54 Å². The average Bonchev–Trinajstić information content (AvgIpc) is 3.31. The number of fused-ring (bicyclic) bond motifs is 3. The highest BCUT2D eigenvalue weighted by atomic mass is 32.2. The van der Waals surface area contributed by atoms with Crippen molar-refractivity contribution in [1.29, 1.82) is 0 Å². The highest BCUT2D eigenvalue weighted by Crippen LogP contribution is 2.28. The third-order valence-electron chi connectivity index (χ3n) is 5.97. The number of nitrogens with one attached hydrogen (secondary N) is 1. The Hall–Kier alpha value is -3.91. The summed E-state index contributed by atoms with van der Waals surface area (Å²) in [4.78, 5) is 26.5. The lowest BCUT2D eigenvalue weighted by Gasteiger charge is -2.15. The van der Waals surface area contributed by atoms with Crippen LogP contribution in [-0.2, 0) is 11.3 Å². The Balaban J connectivity index is 1.57. The quantitative estimate of drug-likeness (QED) is 0.344. The third-order valence-corrected chi connectivity index (χ3v) is 7.28. The summed E-state index contributed by atoms with van der Waals surface area (Å²) >= 11 is 1.36. The Bertz CT molecular complexity index is 1580. The largest absolute Gasteiger partial charge is 0.351 e. The molecule has 7 nitrogen and oxygen atoms in total. The van der Waals surface area contributed by atoms with Gasteiger partial charge in [-0.1, -0.05) is 79.3 Å². The fourth-order valence-electron chi connectivity index (χ4n) is 4.13. The second kappa shape index (κ2) is 9.76. The van der Waals surface area contributed by atoms with E-state index in [9.17, 15) is 9.59 Å². The van der Waals surface area contributed by atoms with Crippen molar-refractivity contribution in [2.45, 2.75) is 37.2 Å². The molecule has 2 aromatic heterocycles. The molecule has 176 valence electrons. The predicted molar refractivity (Wildman–Crippen MR) is 139 cm³/mol. The van der Waals surface area contributed by atoms with E-state index in [4.69, 9.17) is 0 Å². The van der Waals surface area contributed by atoms with Gasteiger partial charge in [0.2, 0.25) is 11.7 Å². The Morgan fingerprint density at radius 2 is 1.69 bits per heavy atom. The lowest BCUT2D eigenvalue weighted by molar-refractivity contribution is -0.120. The van der Waals surface area contributed by atoms with Crippen LogP contribution < -0.4 is 10.9 Å². The van der Waals surface area contributed by atoms with E-state index in [0.29, 0.717) is 34.8 Å². The van der Waals surface area contributed by atoms with Crippen LogP contribution in [0.4, 0.5) is 0 Å². The fourth-order valence-corrected chi connectivity index (χ4v) is 5.12. The van der Waals surface area contributed by atoms with Crippen LogP contribution in [0.2, 0.25) is 0 Å². The van der Waals surface area contributed by atoms with Gasteiger partial charge in [-0.25, -0.2) is 4.57 Å². The van der Waals surface area contributed by atoms with Crippen LogP contribution in [0.1, 0.15) is 24.5 Å². The second-order valence-electron chi connectivity index (χ2n) is 8.28. The number of carbonyl (C=O) groups excluding carboxylic acids is 1. The number of aromatic nitrogens is 4. The number of para-hydroxylation sites is 2. The summed E-state index contributed by atoms with van der Waals surface area (Å²) in [5.41, 5.74) is 3.31. The molecule has 5 aromatic rings. The van der Waals surface area contributed by atoms with Crippen molar-refractivity contribution in [3.63, 3.8) is 0 Å². The molecule has 0 fully saturated rings. The number of hydrogen-bond acceptors (Lipinski definition) is 5. The van der Waals surface area contributed by atoms with Gasteiger partial charge in [0.05, 0.1) is 21.8 Å². The van der Waals surface area contributed by atoms with Crippen molar-refractivity contribution >= 4 is 34.3 Å². The van der Waals surface area contributed by atoms with Gasteiger partial charge < -0.3 is 5.32 Å². The molecule has 0 radical (unpaired) electrons. The van der Waals surface area contributed by atoms with Gasteiger partial charge in [0.15, 0.2) is 5.16 Å². The summed E-state index contributed by atoms with van der Waals surface area (Å²) < 4.78 is 3.48. The molecule has 0 aliphatic carbocycles. The number of amides is 1. The van der Waals surface area contributed by atoms with E-state index in [0.717, 1.165) is 16.8 Å². The second-order valence-corrected chi connectivity index (χ2v) is 9.45. The Morgan fingerprint density at radius 3 is 2.46 bits per heavy atom. The van der Waals surface area contributed by atoms with Crippen molar-refractivity contribution in [2.75, 3.05) is 0 Å². The maximum atomic E-state index is 13.5. The lowest BCUT2D eigenvalue weighted by atomic mass is 10.2. The zero-order valence-corrected chi connectivity index (χ0v) is 20.3. The van der Waals surface area contributed by atoms with Crippen LogP contribution in [-0.4, -0.2) is 30.3 Å². The highest BCUT2D eigenvalue weighted by molar-refractivity contribution is 8.00.